The minimum atomic E-state index is -0.456. The van der Waals surface area contributed by atoms with Crippen molar-refractivity contribution >= 4 is 5.91 Å². The zero-order chi connectivity index (χ0) is 23.3. The van der Waals surface area contributed by atoms with Gasteiger partial charge in [-0.2, -0.15) is 0 Å². The maximum absolute atomic E-state index is 13.6. The minimum absolute atomic E-state index is 0.167. The van der Waals surface area contributed by atoms with Gasteiger partial charge >= 0.3 is 0 Å². The summed E-state index contributed by atoms with van der Waals surface area (Å²) in [7, 11) is 0. The van der Waals surface area contributed by atoms with E-state index in [1.165, 1.54) is 11.1 Å². The number of aryl methyl sites for hydroxylation is 1. The first kappa shape index (κ1) is 23.1. The lowest BCUT2D eigenvalue weighted by Crippen LogP contribution is -2.45. The van der Waals surface area contributed by atoms with Gasteiger partial charge in [0.1, 0.15) is 0 Å². The number of benzene rings is 1. The molecule has 1 saturated heterocycles. The first-order chi connectivity index (χ1) is 15.9. The lowest BCUT2D eigenvalue weighted by atomic mass is 9.78. The van der Waals surface area contributed by atoms with E-state index in [4.69, 9.17) is 0 Å². The lowest BCUT2D eigenvalue weighted by Gasteiger charge is -2.30. The third-order valence-electron chi connectivity index (χ3n) is 6.45. The van der Waals surface area contributed by atoms with Crippen LogP contribution < -0.4 is 5.32 Å². The molecule has 1 fully saturated rings. The molecular formula is C28H34N4O. The van der Waals surface area contributed by atoms with Crippen molar-refractivity contribution < 1.29 is 4.79 Å². The van der Waals surface area contributed by atoms with Crippen molar-refractivity contribution in [3.05, 3.63) is 83.9 Å². The predicted molar refractivity (Wildman–Crippen MR) is 133 cm³/mol. The Morgan fingerprint density at radius 2 is 1.88 bits per heavy atom. The van der Waals surface area contributed by atoms with Crippen molar-refractivity contribution in [3.8, 4) is 11.1 Å². The van der Waals surface area contributed by atoms with Crippen molar-refractivity contribution in [2.45, 2.75) is 40.2 Å². The SMILES string of the molecule is Cc1cccc(CN2CCC(Cc3ccccc3-c3ccncc3)(C(=O)NCC(C)C)C2)n1. The monoisotopic (exact) mass is 442 g/mol. The lowest BCUT2D eigenvalue weighted by molar-refractivity contribution is -0.130. The molecule has 5 heteroatoms. The third-order valence-corrected chi connectivity index (χ3v) is 6.45. The summed E-state index contributed by atoms with van der Waals surface area (Å²) in [5, 5.41) is 3.25. The average molecular weight is 443 g/mol. The summed E-state index contributed by atoms with van der Waals surface area (Å²) in [5.41, 5.74) is 5.15. The Morgan fingerprint density at radius 3 is 2.64 bits per heavy atom. The molecule has 3 aromatic rings. The van der Waals surface area contributed by atoms with Gasteiger partial charge < -0.3 is 5.32 Å². The van der Waals surface area contributed by atoms with E-state index >= 15 is 0 Å². The fraction of sp³-hybridized carbons (Fsp3) is 0.393. The Labute approximate surface area is 197 Å². The highest BCUT2D eigenvalue weighted by Crippen LogP contribution is 2.38. The van der Waals surface area contributed by atoms with Crippen LogP contribution in [0.2, 0.25) is 0 Å². The van der Waals surface area contributed by atoms with Crippen molar-refractivity contribution in [1.29, 1.82) is 0 Å². The van der Waals surface area contributed by atoms with E-state index in [2.05, 4.69) is 70.4 Å². The first-order valence-electron chi connectivity index (χ1n) is 11.9. The van der Waals surface area contributed by atoms with Gasteiger partial charge in [-0.15, -0.1) is 0 Å². The second-order valence-corrected chi connectivity index (χ2v) is 9.68. The number of amides is 1. The smallest absolute Gasteiger partial charge is 0.227 e. The molecule has 1 aliphatic heterocycles. The molecular weight excluding hydrogens is 408 g/mol. The maximum atomic E-state index is 13.6. The third kappa shape index (κ3) is 5.66. The molecule has 0 aliphatic carbocycles. The van der Waals surface area contributed by atoms with Crippen LogP contribution in [0.5, 0.6) is 0 Å². The summed E-state index contributed by atoms with van der Waals surface area (Å²) in [6.45, 7) is 9.39. The van der Waals surface area contributed by atoms with Gasteiger partial charge in [0.05, 0.1) is 11.1 Å². The molecule has 1 aliphatic rings. The van der Waals surface area contributed by atoms with E-state index in [9.17, 15) is 4.79 Å². The normalized spacial score (nSPS) is 18.5. The summed E-state index contributed by atoms with van der Waals surface area (Å²) in [4.78, 5) is 24.8. The van der Waals surface area contributed by atoms with Crippen LogP contribution in [-0.2, 0) is 17.8 Å². The zero-order valence-electron chi connectivity index (χ0n) is 19.9. The van der Waals surface area contributed by atoms with Crippen LogP contribution in [0.3, 0.4) is 0 Å². The molecule has 0 saturated carbocycles. The molecule has 1 unspecified atom stereocenters. The second kappa shape index (κ2) is 10.3. The molecule has 3 heterocycles. The largest absolute Gasteiger partial charge is 0.355 e. The van der Waals surface area contributed by atoms with E-state index in [0.717, 1.165) is 43.0 Å². The van der Waals surface area contributed by atoms with Crippen molar-refractivity contribution in [2.24, 2.45) is 11.3 Å². The van der Waals surface area contributed by atoms with Crippen LogP contribution in [0, 0.1) is 18.3 Å². The Balaban J connectivity index is 1.61. The van der Waals surface area contributed by atoms with Crippen LogP contribution in [0.1, 0.15) is 37.2 Å². The molecule has 4 rings (SSSR count). The highest BCUT2D eigenvalue weighted by molar-refractivity contribution is 5.84. The molecule has 1 aromatic carbocycles. The standard InChI is InChI=1S/C28H34N4O/c1-21(2)18-30-27(33)28(13-16-32(20-28)19-25-9-6-7-22(3)31-25)17-24-8-4-5-10-26(24)23-11-14-29-15-12-23/h4-12,14-15,21H,13,16-20H2,1-3H3,(H,30,33). The average Bonchev–Trinajstić information content (AvgIpc) is 3.22. The van der Waals surface area contributed by atoms with Gasteiger partial charge in [-0.1, -0.05) is 44.2 Å². The molecule has 0 radical (unpaired) electrons. The zero-order valence-corrected chi connectivity index (χ0v) is 19.9. The van der Waals surface area contributed by atoms with Crippen LogP contribution >= 0.6 is 0 Å². The summed E-state index contributed by atoms with van der Waals surface area (Å²) in [6, 6.07) is 18.7. The van der Waals surface area contributed by atoms with Gasteiger partial charge in [-0.25, -0.2) is 0 Å². The summed E-state index contributed by atoms with van der Waals surface area (Å²) in [5.74, 6) is 0.588. The van der Waals surface area contributed by atoms with Crippen LogP contribution in [0.25, 0.3) is 11.1 Å². The molecule has 5 nitrogen and oxygen atoms in total. The van der Waals surface area contributed by atoms with Crippen LogP contribution in [0.15, 0.2) is 67.0 Å². The Hall–Kier alpha value is -3.05. The topological polar surface area (TPSA) is 58.1 Å². The molecule has 2 aromatic heterocycles. The molecule has 172 valence electrons. The van der Waals surface area contributed by atoms with E-state index < -0.39 is 5.41 Å². The van der Waals surface area contributed by atoms with Crippen LogP contribution in [0.4, 0.5) is 0 Å². The molecule has 1 atom stereocenters. The number of hydrogen-bond donors (Lipinski definition) is 1. The molecule has 0 bridgehead atoms. The first-order valence-corrected chi connectivity index (χ1v) is 11.9. The van der Waals surface area contributed by atoms with E-state index in [1.54, 1.807) is 0 Å². The van der Waals surface area contributed by atoms with E-state index in [-0.39, 0.29) is 5.91 Å². The predicted octanol–water partition coefficient (Wildman–Crippen LogP) is 4.66. The fourth-order valence-corrected chi connectivity index (χ4v) is 4.76. The van der Waals surface area contributed by atoms with Gasteiger partial charge in [-0.3, -0.25) is 19.7 Å². The van der Waals surface area contributed by atoms with Gasteiger partial charge in [0.25, 0.3) is 0 Å². The molecule has 33 heavy (non-hydrogen) atoms. The summed E-state index contributed by atoms with van der Waals surface area (Å²) in [6.07, 6.45) is 5.20. The number of pyridine rings is 2. The van der Waals surface area contributed by atoms with Gasteiger partial charge in [0, 0.05) is 37.7 Å². The Bertz CT molecular complexity index is 1080. The van der Waals surface area contributed by atoms with Crippen molar-refractivity contribution in [3.63, 3.8) is 0 Å². The Morgan fingerprint density at radius 1 is 1.09 bits per heavy atom. The van der Waals surface area contributed by atoms with Crippen molar-refractivity contribution in [2.75, 3.05) is 19.6 Å². The number of carbonyl (C=O) groups is 1. The quantitative estimate of drug-likeness (QED) is 0.551. The number of likely N-dealkylation sites (tertiary alicyclic amines) is 1. The van der Waals surface area contributed by atoms with Gasteiger partial charge in [0.15, 0.2) is 0 Å². The maximum Gasteiger partial charge on any atom is 0.227 e. The summed E-state index contributed by atoms with van der Waals surface area (Å²) < 4.78 is 0. The fourth-order valence-electron chi connectivity index (χ4n) is 4.76. The van der Waals surface area contributed by atoms with Gasteiger partial charge in [0.2, 0.25) is 5.91 Å². The van der Waals surface area contributed by atoms with Crippen LogP contribution in [-0.4, -0.2) is 40.4 Å². The second-order valence-electron chi connectivity index (χ2n) is 9.68. The number of hydrogen-bond acceptors (Lipinski definition) is 4. The molecule has 1 amide bonds. The molecule has 1 N–H and O–H groups in total. The summed E-state index contributed by atoms with van der Waals surface area (Å²) >= 11 is 0. The highest BCUT2D eigenvalue weighted by atomic mass is 16.2. The number of nitrogens with one attached hydrogen (secondary N) is 1. The van der Waals surface area contributed by atoms with Crippen molar-refractivity contribution in [1.82, 2.24) is 20.2 Å². The highest BCUT2D eigenvalue weighted by Gasteiger charge is 2.44. The Kier molecular flexibility index (Phi) is 7.19. The number of carbonyl (C=O) groups excluding carboxylic acids is 1. The minimum Gasteiger partial charge on any atom is -0.355 e. The molecule has 0 spiro atoms. The number of nitrogens with zero attached hydrogens (tertiary/aromatic N) is 3. The number of rotatable bonds is 8. The van der Waals surface area contributed by atoms with E-state index in [0.29, 0.717) is 18.9 Å². The van der Waals surface area contributed by atoms with Gasteiger partial charge in [-0.05, 0) is 73.2 Å². The number of aromatic nitrogens is 2. The van der Waals surface area contributed by atoms with E-state index in [1.807, 2.05) is 37.5 Å².